The van der Waals surface area contributed by atoms with Crippen molar-refractivity contribution in [3.05, 3.63) is 48.0 Å². The Labute approximate surface area is 106 Å². The van der Waals surface area contributed by atoms with Gasteiger partial charge in [0.15, 0.2) is 0 Å². The minimum absolute atomic E-state index is 0.319. The van der Waals surface area contributed by atoms with Crippen LogP contribution in [0.2, 0.25) is 0 Å². The second-order valence-electron chi connectivity index (χ2n) is 3.91. The van der Waals surface area contributed by atoms with E-state index >= 15 is 0 Å². The van der Waals surface area contributed by atoms with Gasteiger partial charge in [0.2, 0.25) is 0 Å². The lowest BCUT2D eigenvalue weighted by Crippen LogP contribution is -2.07. The maximum absolute atomic E-state index is 13.8. The number of methoxy groups -OCH3 is 1. The zero-order valence-electron chi connectivity index (χ0n) is 10.4. The molecule has 1 aromatic heterocycles. The molecule has 0 fully saturated rings. The molecule has 94 valence electrons. The summed E-state index contributed by atoms with van der Waals surface area (Å²) in [5, 5.41) is 3.07. The molecule has 0 spiro atoms. The van der Waals surface area contributed by atoms with Crippen LogP contribution < -0.4 is 10.1 Å². The topological polar surface area (TPSA) is 34.1 Å². The quantitative estimate of drug-likeness (QED) is 0.900. The Hall–Kier alpha value is -1.94. The maximum atomic E-state index is 13.8. The number of hydrogen-bond acceptors (Lipinski definition) is 3. The lowest BCUT2D eigenvalue weighted by molar-refractivity contribution is 0.414. The fraction of sp³-hybridized carbons (Fsp3) is 0.214. The van der Waals surface area contributed by atoms with Crippen LogP contribution in [0.3, 0.4) is 0 Å². The Balaban J connectivity index is 2.53. The van der Waals surface area contributed by atoms with Crippen LogP contribution in [-0.4, -0.2) is 19.1 Å². The summed E-state index contributed by atoms with van der Waals surface area (Å²) in [5.41, 5.74) is 2.39. The van der Waals surface area contributed by atoms with E-state index in [1.807, 2.05) is 25.2 Å². The second kappa shape index (κ2) is 5.60. The fourth-order valence-corrected chi connectivity index (χ4v) is 1.89. The van der Waals surface area contributed by atoms with Gasteiger partial charge in [0.1, 0.15) is 11.6 Å². The fourth-order valence-electron chi connectivity index (χ4n) is 1.89. The van der Waals surface area contributed by atoms with Crippen molar-refractivity contribution < 1.29 is 9.13 Å². The smallest absolute Gasteiger partial charge is 0.149 e. The average Bonchev–Trinajstić information content (AvgIpc) is 2.40. The average molecular weight is 246 g/mol. The lowest BCUT2D eigenvalue weighted by atomic mass is 10.00. The Morgan fingerprint density at radius 3 is 2.78 bits per heavy atom. The molecule has 1 N–H and O–H groups in total. The molecule has 0 bridgehead atoms. The molecular formula is C14H15FN2O. The van der Waals surface area contributed by atoms with Gasteiger partial charge in [-0.25, -0.2) is 4.39 Å². The van der Waals surface area contributed by atoms with Crippen LogP contribution in [0.4, 0.5) is 4.39 Å². The molecule has 2 rings (SSSR count). The summed E-state index contributed by atoms with van der Waals surface area (Å²) in [6.07, 6.45) is 2.81. The maximum Gasteiger partial charge on any atom is 0.149 e. The predicted molar refractivity (Wildman–Crippen MR) is 68.9 cm³/mol. The van der Waals surface area contributed by atoms with Crippen molar-refractivity contribution in [2.45, 2.75) is 6.54 Å². The zero-order valence-corrected chi connectivity index (χ0v) is 10.4. The summed E-state index contributed by atoms with van der Waals surface area (Å²) in [4.78, 5) is 3.76. The third kappa shape index (κ3) is 2.49. The molecule has 0 aliphatic heterocycles. The van der Waals surface area contributed by atoms with Crippen molar-refractivity contribution in [1.82, 2.24) is 10.3 Å². The predicted octanol–water partition coefficient (Wildman–Crippen LogP) is 2.62. The van der Waals surface area contributed by atoms with Crippen molar-refractivity contribution in [2.24, 2.45) is 0 Å². The highest BCUT2D eigenvalue weighted by Crippen LogP contribution is 2.28. The summed E-state index contributed by atoms with van der Waals surface area (Å²) in [7, 11) is 3.47. The number of pyridine rings is 1. The number of hydrogen-bond donors (Lipinski definition) is 1. The molecule has 1 aromatic carbocycles. The molecule has 0 saturated carbocycles. The van der Waals surface area contributed by atoms with E-state index in [0.29, 0.717) is 12.1 Å². The van der Waals surface area contributed by atoms with Gasteiger partial charge in [-0.3, -0.25) is 4.98 Å². The van der Waals surface area contributed by atoms with Gasteiger partial charge < -0.3 is 10.1 Å². The van der Waals surface area contributed by atoms with Crippen LogP contribution >= 0.6 is 0 Å². The van der Waals surface area contributed by atoms with E-state index in [9.17, 15) is 4.39 Å². The van der Waals surface area contributed by atoms with Crippen molar-refractivity contribution in [1.29, 1.82) is 0 Å². The largest absolute Gasteiger partial charge is 0.497 e. The highest BCUT2D eigenvalue weighted by atomic mass is 19.1. The highest BCUT2D eigenvalue weighted by Gasteiger charge is 2.10. The van der Waals surface area contributed by atoms with Crippen molar-refractivity contribution in [3.63, 3.8) is 0 Å². The molecule has 0 amide bonds. The van der Waals surface area contributed by atoms with Crippen molar-refractivity contribution in [3.8, 4) is 16.9 Å². The Morgan fingerprint density at radius 1 is 1.28 bits per heavy atom. The first-order valence-corrected chi connectivity index (χ1v) is 5.67. The van der Waals surface area contributed by atoms with Gasteiger partial charge in [0.05, 0.1) is 13.3 Å². The molecule has 3 nitrogen and oxygen atoms in total. The summed E-state index contributed by atoms with van der Waals surface area (Å²) in [6, 6.07) is 7.28. The van der Waals surface area contributed by atoms with Crippen LogP contribution in [0.25, 0.3) is 11.1 Å². The number of ether oxygens (including phenoxy) is 1. The third-order valence-electron chi connectivity index (χ3n) is 2.74. The van der Waals surface area contributed by atoms with Crippen LogP contribution in [-0.2, 0) is 6.54 Å². The number of rotatable bonds is 4. The molecule has 0 aliphatic carbocycles. The lowest BCUT2D eigenvalue weighted by Gasteiger charge is -2.12. The summed E-state index contributed by atoms with van der Waals surface area (Å²) in [5.74, 6) is 0.443. The second-order valence-corrected chi connectivity index (χ2v) is 3.91. The van der Waals surface area contributed by atoms with E-state index in [1.165, 1.54) is 6.20 Å². The molecule has 0 unspecified atom stereocenters. The van der Waals surface area contributed by atoms with Crippen molar-refractivity contribution in [2.75, 3.05) is 14.2 Å². The van der Waals surface area contributed by atoms with Crippen LogP contribution in [0, 0.1) is 5.82 Å². The Bertz CT molecular complexity index is 543. The summed E-state index contributed by atoms with van der Waals surface area (Å²) in [6.45, 7) is 0.647. The monoisotopic (exact) mass is 246 g/mol. The van der Waals surface area contributed by atoms with Crippen molar-refractivity contribution >= 4 is 0 Å². The van der Waals surface area contributed by atoms with E-state index in [1.54, 1.807) is 19.4 Å². The molecule has 18 heavy (non-hydrogen) atoms. The number of benzene rings is 1. The summed E-state index contributed by atoms with van der Waals surface area (Å²) >= 11 is 0. The SMILES string of the molecule is CNCc1cc(OC)ccc1-c1ccncc1F. The third-order valence-corrected chi connectivity index (χ3v) is 2.74. The summed E-state index contributed by atoms with van der Waals surface area (Å²) < 4.78 is 19.0. The van der Waals surface area contributed by atoms with E-state index in [0.717, 1.165) is 16.9 Å². The van der Waals surface area contributed by atoms with E-state index in [4.69, 9.17) is 4.74 Å². The van der Waals surface area contributed by atoms with Gasteiger partial charge in [0.25, 0.3) is 0 Å². The normalized spacial score (nSPS) is 10.4. The Morgan fingerprint density at radius 2 is 2.11 bits per heavy atom. The number of halogens is 1. The van der Waals surface area contributed by atoms with Gasteiger partial charge in [0, 0.05) is 18.3 Å². The molecule has 4 heteroatoms. The molecule has 2 aromatic rings. The van der Waals surface area contributed by atoms with E-state index < -0.39 is 0 Å². The van der Waals surface area contributed by atoms with Crippen LogP contribution in [0.5, 0.6) is 5.75 Å². The van der Waals surface area contributed by atoms with E-state index in [2.05, 4.69) is 10.3 Å². The standard InChI is InChI=1S/C14H15FN2O/c1-16-8-10-7-11(18-2)3-4-12(10)13-5-6-17-9-14(13)15/h3-7,9,16H,8H2,1-2H3. The first-order chi connectivity index (χ1) is 8.76. The number of nitrogens with zero attached hydrogens (tertiary/aromatic N) is 1. The zero-order chi connectivity index (χ0) is 13.0. The van der Waals surface area contributed by atoms with Gasteiger partial charge in [-0.1, -0.05) is 6.07 Å². The molecule has 0 radical (unpaired) electrons. The minimum Gasteiger partial charge on any atom is -0.497 e. The molecule has 0 saturated heterocycles. The number of nitrogens with one attached hydrogen (secondary N) is 1. The Kier molecular flexibility index (Phi) is 3.89. The van der Waals surface area contributed by atoms with Crippen LogP contribution in [0.1, 0.15) is 5.56 Å². The number of aromatic nitrogens is 1. The molecule has 0 atom stereocenters. The minimum atomic E-state index is -0.319. The first kappa shape index (κ1) is 12.5. The molecular weight excluding hydrogens is 231 g/mol. The first-order valence-electron chi connectivity index (χ1n) is 5.67. The van der Waals surface area contributed by atoms with Gasteiger partial charge >= 0.3 is 0 Å². The van der Waals surface area contributed by atoms with Crippen LogP contribution in [0.15, 0.2) is 36.7 Å². The van der Waals surface area contributed by atoms with Gasteiger partial charge in [-0.15, -0.1) is 0 Å². The highest BCUT2D eigenvalue weighted by molar-refractivity contribution is 5.68. The molecule has 0 aliphatic rings. The van der Waals surface area contributed by atoms with Gasteiger partial charge in [-0.05, 0) is 36.4 Å². The van der Waals surface area contributed by atoms with Gasteiger partial charge in [-0.2, -0.15) is 0 Å². The van der Waals surface area contributed by atoms with E-state index in [-0.39, 0.29) is 5.82 Å². The molecule has 1 heterocycles.